The maximum Gasteiger partial charge on any atom is 0.254 e. The highest BCUT2D eigenvalue weighted by atomic mass is 32.2. The maximum absolute atomic E-state index is 13.7. The number of piperidine rings is 1. The van der Waals surface area contributed by atoms with E-state index in [0.29, 0.717) is 39.7 Å². The Hall–Kier alpha value is -3.63. The monoisotopic (exact) mass is 563 g/mol. The van der Waals surface area contributed by atoms with Gasteiger partial charge in [0.05, 0.1) is 0 Å². The number of aromatic nitrogens is 1. The van der Waals surface area contributed by atoms with Crippen molar-refractivity contribution in [3.63, 3.8) is 0 Å². The second-order valence-corrected chi connectivity index (χ2v) is 11.4. The van der Waals surface area contributed by atoms with Crippen LogP contribution in [0.1, 0.15) is 46.9 Å². The molecule has 6 rings (SSSR count). The fourth-order valence-electron chi connectivity index (χ4n) is 5.71. The van der Waals surface area contributed by atoms with Crippen LogP contribution in [0.2, 0.25) is 0 Å². The van der Waals surface area contributed by atoms with Gasteiger partial charge >= 0.3 is 0 Å². The van der Waals surface area contributed by atoms with Gasteiger partial charge in [-0.25, -0.2) is 0 Å². The molecule has 1 amide bonds. The molecule has 3 aliphatic heterocycles. The lowest BCUT2D eigenvalue weighted by Gasteiger charge is -2.35. The molecule has 4 heterocycles. The van der Waals surface area contributed by atoms with E-state index in [1.807, 2.05) is 57.4 Å². The van der Waals surface area contributed by atoms with Gasteiger partial charge in [-0.2, -0.15) is 0 Å². The molecule has 1 unspecified atom stereocenters. The first-order chi connectivity index (χ1) is 19.3. The number of aromatic amines is 1. The number of fused-ring (bicyclic) bond motifs is 2. The Morgan fingerprint density at radius 1 is 1.07 bits per heavy atom. The molecule has 1 saturated heterocycles. The third kappa shape index (κ3) is 4.69. The molecule has 210 valence electrons. The zero-order valence-electron chi connectivity index (χ0n) is 23.1. The molecule has 10 heteroatoms. The number of aryl methyl sites for hydroxylation is 1. The Balaban J connectivity index is 1.39. The predicted molar refractivity (Wildman–Crippen MR) is 153 cm³/mol. The quantitative estimate of drug-likeness (QED) is 0.376. The lowest BCUT2D eigenvalue weighted by Crippen LogP contribution is -2.47. The van der Waals surface area contributed by atoms with E-state index < -0.39 is 5.79 Å². The summed E-state index contributed by atoms with van der Waals surface area (Å²) in [5, 5.41) is 6.37. The van der Waals surface area contributed by atoms with Crippen LogP contribution in [0.15, 0.2) is 40.0 Å². The van der Waals surface area contributed by atoms with Gasteiger partial charge < -0.3 is 34.6 Å². The second-order valence-electron chi connectivity index (χ2n) is 10.6. The number of hydrogen-bond donors (Lipinski definition) is 3. The van der Waals surface area contributed by atoms with E-state index in [9.17, 15) is 9.59 Å². The minimum absolute atomic E-state index is 0.102. The molecule has 40 heavy (non-hydrogen) atoms. The largest absolute Gasteiger partial charge is 0.454 e. The molecule has 9 nitrogen and oxygen atoms in total. The second kappa shape index (κ2) is 10.4. The number of ether oxygens (including phenoxy) is 4. The smallest absolute Gasteiger partial charge is 0.254 e. The van der Waals surface area contributed by atoms with E-state index in [1.165, 1.54) is 11.8 Å². The van der Waals surface area contributed by atoms with Crippen molar-refractivity contribution in [3.05, 3.63) is 63.1 Å². The van der Waals surface area contributed by atoms with Crippen LogP contribution in [0, 0.1) is 19.8 Å². The number of benzene rings is 2. The standard InChI is InChI=1S/C30H33N3O6S/c1-16-11-25(40-4)22(29(35)33-16)14-32-28(34)20-13-21(18-5-6-23-24(12-18)37-15-36-23)27-26(17(20)2)38-30(3,39-27)19-7-9-31-10-8-19/h5-6,11-13,19,31H,7-10,14-15H2,1-4H3,(H,32,34)(H,33,35). The van der Waals surface area contributed by atoms with Gasteiger partial charge in [-0.1, -0.05) is 6.07 Å². The average molecular weight is 564 g/mol. The van der Waals surface area contributed by atoms with Gasteiger partial charge in [-0.05, 0) is 75.9 Å². The lowest BCUT2D eigenvalue weighted by molar-refractivity contribution is -0.117. The van der Waals surface area contributed by atoms with Crippen LogP contribution in [0.25, 0.3) is 11.1 Å². The minimum atomic E-state index is -0.849. The SMILES string of the molecule is CSc1cc(C)[nH]c(=O)c1CNC(=O)c1cc(-c2ccc3c(c2)OCO3)c2c(c1C)OC(C)(C1CCNCC1)O2. The highest BCUT2D eigenvalue weighted by Gasteiger charge is 2.46. The molecule has 3 N–H and O–H groups in total. The van der Waals surface area contributed by atoms with E-state index in [1.54, 1.807) is 0 Å². The number of thioether (sulfide) groups is 1. The van der Waals surface area contributed by atoms with Gasteiger partial charge in [-0.3, -0.25) is 9.59 Å². The summed E-state index contributed by atoms with van der Waals surface area (Å²) in [5.74, 6) is 1.55. The summed E-state index contributed by atoms with van der Waals surface area (Å²) < 4.78 is 24.4. The van der Waals surface area contributed by atoms with E-state index in [-0.39, 0.29) is 30.7 Å². The number of pyridine rings is 1. The van der Waals surface area contributed by atoms with Gasteiger partial charge in [0.15, 0.2) is 23.0 Å². The summed E-state index contributed by atoms with van der Waals surface area (Å²) in [6.45, 7) is 7.78. The van der Waals surface area contributed by atoms with Gasteiger partial charge in [-0.15, -0.1) is 11.8 Å². The number of nitrogens with one attached hydrogen (secondary N) is 3. The van der Waals surface area contributed by atoms with Gasteiger partial charge in [0.25, 0.3) is 17.3 Å². The number of amides is 1. The van der Waals surface area contributed by atoms with E-state index in [2.05, 4.69) is 15.6 Å². The highest BCUT2D eigenvalue weighted by molar-refractivity contribution is 7.98. The Labute approximate surface area is 236 Å². The molecule has 1 aromatic heterocycles. The maximum atomic E-state index is 13.7. The molecular formula is C30H33N3O6S. The predicted octanol–water partition coefficient (Wildman–Crippen LogP) is 4.53. The van der Waals surface area contributed by atoms with Crippen LogP contribution in [0.3, 0.4) is 0 Å². The fourth-order valence-corrected chi connectivity index (χ4v) is 6.42. The highest BCUT2D eigenvalue weighted by Crippen LogP contribution is 2.52. The molecule has 0 radical (unpaired) electrons. The van der Waals surface area contributed by atoms with Crippen LogP contribution in [-0.4, -0.2) is 42.8 Å². The Bertz CT molecular complexity index is 1550. The third-order valence-corrected chi connectivity index (χ3v) is 8.78. The molecule has 1 atom stereocenters. The Morgan fingerprint density at radius 2 is 1.82 bits per heavy atom. The zero-order chi connectivity index (χ0) is 28.0. The van der Waals surface area contributed by atoms with Crippen molar-refractivity contribution < 1.29 is 23.7 Å². The molecule has 0 bridgehead atoms. The topological polar surface area (TPSA) is 111 Å². The average Bonchev–Trinajstić information content (AvgIpc) is 3.57. The van der Waals surface area contributed by atoms with Crippen LogP contribution >= 0.6 is 11.8 Å². The van der Waals surface area contributed by atoms with E-state index in [0.717, 1.165) is 47.6 Å². The molecule has 0 spiro atoms. The van der Waals surface area contributed by atoms with Crippen molar-refractivity contribution in [1.29, 1.82) is 0 Å². The lowest BCUT2D eigenvalue weighted by atomic mass is 9.90. The molecule has 3 aromatic rings. The Kier molecular flexibility index (Phi) is 6.92. The summed E-state index contributed by atoms with van der Waals surface area (Å²) in [7, 11) is 0. The first-order valence-electron chi connectivity index (χ1n) is 13.5. The molecule has 2 aromatic carbocycles. The van der Waals surface area contributed by atoms with Crippen LogP contribution in [-0.2, 0) is 6.54 Å². The number of carbonyl (C=O) groups is 1. The molecule has 0 saturated carbocycles. The van der Waals surface area contributed by atoms with Gasteiger partial charge in [0.2, 0.25) is 6.79 Å². The number of hydrogen-bond acceptors (Lipinski definition) is 8. The molecule has 3 aliphatic rings. The van der Waals surface area contributed by atoms with Crippen LogP contribution in [0.4, 0.5) is 0 Å². The Morgan fingerprint density at radius 3 is 2.60 bits per heavy atom. The molecule has 0 aliphatic carbocycles. The van der Waals surface area contributed by atoms with E-state index >= 15 is 0 Å². The van der Waals surface area contributed by atoms with Crippen molar-refractivity contribution >= 4 is 17.7 Å². The number of carbonyl (C=O) groups excluding carboxylic acids is 1. The number of H-pyrrole nitrogens is 1. The first kappa shape index (κ1) is 26.6. The normalized spacial score (nSPS) is 19.6. The molecular weight excluding hydrogens is 530 g/mol. The minimum Gasteiger partial charge on any atom is -0.454 e. The van der Waals surface area contributed by atoms with E-state index in [4.69, 9.17) is 18.9 Å². The summed E-state index contributed by atoms with van der Waals surface area (Å²) >= 11 is 1.48. The third-order valence-electron chi connectivity index (χ3n) is 7.98. The number of rotatable bonds is 6. The van der Waals surface area contributed by atoms with Crippen molar-refractivity contribution in [2.75, 3.05) is 26.1 Å². The summed E-state index contributed by atoms with van der Waals surface area (Å²) in [6, 6.07) is 9.45. The van der Waals surface area contributed by atoms with Crippen molar-refractivity contribution in [3.8, 4) is 34.1 Å². The van der Waals surface area contributed by atoms with Gasteiger partial charge in [0.1, 0.15) is 0 Å². The first-order valence-corrected chi connectivity index (χ1v) is 14.7. The van der Waals surface area contributed by atoms with Crippen LogP contribution < -0.4 is 35.1 Å². The van der Waals surface area contributed by atoms with Gasteiger partial charge in [0, 0.05) is 52.2 Å². The van der Waals surface area contributed by atoms with Crippen molar-refractivity contribution in [1.82, 2.24) is 15.6 Å². The summed E-state index contributed by atoms with van der Waals surface area (Å²) in [6.07, 6.45) is 3.77. The fraction of sp³-hybridized carbons (Fsp3) is 0.400. The van der Waals surface area contributed by atoms with Crippen molar-refractivity contribution in [2.45, 2.75) is 50.8 Å². The summed E-state index contributed by atoms with van der Waals surface area (Å²) in [5.41, 5.74) is 3.81. The zero-order valence-corrected chi connectivity index (χ0v) is 23.9. The molecule has 1 fully saturated rings. The van der Waals surface area contributed by atoms with Crippen molar-refractivity contribution in [2.24, 2.45) is 5.92 Å². The van der Waals surface area contributed by atoms with Crippen LogP contribution in [0.5, 0.6) is 23.0 Å². The summed E-state index contributed by atoms with van der Waals surface area (Å²) in [4.78, 5) is 30.0.